The Morgan fingerprint density at radius 3 is 2.00 bits per heavy atom. The highest BCUT2D eigenvalue weighted by molar-refractivity contribution is 8.00. The number of halogens is 4. The number of amides is 2. The third-order valence-electron chi connectivity index (χ3n) is 5.36. The molecule has 0 spiro atoms. The van der Waals surface area contributed by atoms with Gasteiger partial charge in [0.1, 0.15) is 0 Å². The van der Waals surface area contributed by atoms with Crippen molar-refractivity contribution in [3.05, 3.63) is 84.8 Å². The molecule has 0 aliphatic rings. The van der Waals surface area contributed by atoms with Gasteiger partial charge in [0.05, 0.1) is 36.5 Å². The maximum Gasteiger partial charge on any atom is 0.338 e. The maximum absolute atomic E-state index is 12.9. The van der Waals surface area contributed by atoms with Crippen molar-refractivity contribution in [1.29, 1.82) is 0 Å². The Labute approximate surface area is 232 Å². The van der Waals surface area contributed by atoms with E-state index in [0.29, 0.717) is 5.69 Å². The van der Waals surface area contributed by atoms with Gasteiger partial charge in [0, 0.05) is 16.3 Å². The lowest BCUT2D eigenvalue weighted by Crippen LogP contribution is -2.23. The molecule has 3 rings (SSSR count). The quantitative estimate of drug-likeness (QED) is 0.148. The number of nitrogens with one attached hydrogen (secondary N) is 2. The van der Waals surface area contributed by atoms with E-state index >= 15 is 0 Å². The summed E-state index contributed by atoms with van der Waals surface area (Å²) in [6.45, 7) is 5.73. The minimum atomic E-state index is -1.48. The summed E-state index contributed by atoms with van der Waals surface area (Å²) in [6, 6.07) is 12.4. The summed E-state index contributed by atoms with van der Waals surface area (Å²) in [7, 11) is 0. The van der Waals surface area contributed by atoms with Gasteiger partial charge in [0.15, 0.2) is 0 Å². The SMILES string of the molecule is Cc1cccc(NC(=O)C(C)Sc2ccc(NC(=O)c3c(Cl)c(Cl)c(Cl)c(Cl)c3C(=O)O)cc2)c1C. The molecule has 3 N–H and O–H groups in total. The van der Waals surface area contributed by atoms with Gasteiger partial charge < -0.3 is 15.7 Å². The van der Waals surface area contributed by atoms with E-state index < -0.39 is 23.0 Å². The molecule has 0 bridgehead atoms. The van der Waals surface area contributed by atoms with Gasteiger partial charge in [-0.1, -0.05) is 58.5 Å². The average molecular weight is 586 g/mol. The van der Waals surface area contributed by atoms with Crippen LogP contribution in [-0.4, -0.2) is 28.1 Å². The van der Waals surface area contributed by atoms with Crippen LogP contribution in [0.15, 0.2) is 47.4 Å². The van der Waals surface area contributed by atoms with Gasteiger partial charge in [0.25, 0.3) is 5.91 Å². The van der Waals surface area contributed by atoms with E-state index in [1.54, 1.807) is 31.2 Å². The predicted molar refractivity (Wildman–Crippen MR) is 148 cm³/mol. The van der Waals surface area contributed by atoms with Crippen molar-refractivity contribution in [2.24, 2.45) is 0 Å². The van der Waals surface area contributed by atoms with E-state index in [1.807, 2.05) is 32.0 Å². The number of hydrogen-bond acceptors (Lipinski definition) is 4. The molecule has 0 fully saturated rings. The first kappa shape index (κ1) is 28.2. The van der Waals surface area contributed by atoms with E-state index in [4.69, 9.17) is 46.4 Å². The zero-order valence-corrected chi connectivity index (χ0v) is 23.1. The normalized spacial score (nSPS) is 11.6. The van der Waals surface area contributed by atoms with Gasteiger partial charge >= 0.3 is 5.97 Å². The van der Waals surface area contributed by atoms with Crippen LogP contribution in [-0.2, 0) is 4.79 Å². The smallest absolute Gasteiger partial charge is 0.338 e. The van der Waals surface area contributed by atoms with E-state index in [0.717, 1.165) is 21.7 Å². The summed E-state index contributed by atoms with van der Waals surface area (Å²) in [5.74, 6) is -2.44. The topological polar surface area (TPSA) is 95.5 Å². The summed E-state index contributed by atoms with van der Waals surface area (Å²) in [5.41, 5.74) is 2.28. The molecule has 0 aliphatic carbocycles. The van der Waals surface area contributed by atoms with Crippen LogP contribution in [0.2, 0.25) is 20.1 Å². The molecule has 0 heterocycles. The second kappa shape index (κ2) is 11.8. The minimum absolute atomic E-state index is 0.140. The number of hydrogen-bond donors (Lipinski definition) is 3. The Morgan fingerprint density at radius 2 is 1.42 bits per heavy atom. The number of rotatable bonds is 7. The van der Waals surface area contributed by atoms with Crippen LogP contribution in [0.5, 0.6) is 0 Å². The molecule has 6 nitrogen and oxygen atoms in total. The van der Waals surface area contributed by atoms with Crippen LogP contribution in [0.4, 0.5) is 11.4 Å². The van der Waals surface area contributed by atoms with Crippen LogP contribution >= 0.6 is 58.2 Å². The molecule has 0 saturated carbocycles. The largest absolute Gasteiger partial charge is 0.478 e. The number of carboxylic acid groups (broad SMARTS) is 1. The number of carboxylic acids is 1. The standard InChI is InChI=1S/C25H20Cl4N2O4S/c1-11-5-4-6-16(12(11)2)31-23(32)13(3)36-15-9-7-14(8-10-15)30-24(33)17-18(25(34)35)20(27)22(29)21(28)19(17)26/h4-10,13H,1-3H3,(H,30,33)(H,31,32)(H,34,35). The lowest BCUT2D eigenvalue weighted by molar-refractivity contribution is -0.115. The number of benzene rings is 3. The Kier molecular flexibility index (Phi) is 9.19. The molecule has 3 aromatic carbocycles. The molecule has 1 atom stereocenters. The third kappa shape index (κ3) is 6.10. The molecule has 1 unspecified atom stereocenters. The molecular weight excluding hydrogens is 566 g/mol. The molecule has 2 amide bonds. The fourth-order valence-electron chi connectivity index (χ4n) is 3.23. The Hall–Kier alpha value is -2.42. The monoisotopic (exact) mass is 584 g/mol. The van der Waals surface area contributed by atoms with Gasteiger partial charge in [-0.05, 0) is 62.2 Å². The van der Waals surface area contributed by atoms with E-state index in [-0.39, 0.29) is 31.2 Å². The van der Waals surface area contributed by atoms with Crippen LogP contribution in [0.25, 0.3) is 0 Å². The van der Waals surface area contributed by atoms with Gasteiger partial charge in [-0.2, -0.15) is 0 Å². The zero-order valence-electron chi connectivity index (χ0n) is 19.2. The van der Waals surface area contributed by atoms with Crippen molar-refractivity contribution in [2.45, 2.75) is 30.9 Å². The van der Waals surface area contributed by atoms with Crippen molar-refractivity contribution in [2.75, 3.05) is 10.6 Å². The van der Waals surface area contributed by atoms with Crippen LogP contribution in [0, 0.1) is 13.8 Å². The predicted octanol–water partition coefficient (Wildman–Crippen LogP) is 7.99. The van der Waals surface area contributed by atoms with Gasteiger partial charge in [-0.25, -0.2) is 4.79 Å². The lowest BCUT2D eigenvalue weighted by atomic mass is 10.1. The number of carbonyl (C=O) groups excluding carboxylic acids is 2. The highest BCUT2D eigenvalue weighted by Crippen LogP contribution is 2.42. The van der Waals surface area contributed by atoms with E-state index in [9.17, 15) is 19.5 Å². The molecule has 0 aliphatic heterocycles. The number of aryl methyl sites for hydroxylation is 1. The molecule has 0 radical (unpaired) electrons. The maximum atomic E-state index is 12.9. The lowest BCUT2D eigenvalue weighted by Gasteiger charge is -2.15. The van der Waals surface area contributed by atoms with E-state index in [2.05, 4.69) is 10.6 Å². The molecule has 188 valence electrons. The number of anilines is 2. The van der Waals surface area contributed by atoms with Crippen LogP contribution < -0.4 is 10.6 Å². The van der Waals surface area contributed by atoms with Crippen molar-refractivity contribution >= 4 is 87.3 Å². The molecule has 3 aromatic rings. The highest BCUT2D eigenvalue weighted by Gasteiger charge is 2.29. The Balaban J connectivity index is 1.72. The first-order chi connectivity index (χ1) is 16.9. The van der Waals surface area contributed by atoms with Crippen molar-refractivity contribution < 1.29 is 19.5 Å². The summed E-state index contributed by atoms with van der Waals surface area (Å²) >= 11 is 25.4. The molecular formula is C25H20Cl4N2O4S. The number of thioether (sulfide) groups is 1. The molecule has 36 heavy (non-hydrogen) atoms. The Bertz CT molecular complexity index is 1360. The highest BCUT2D eigenvalue weighted by atomic mass is 35.5. The van der Waals surface area contributed by atoms with Gasteiger partial charge in [0.2, 0.25) is 5.91 Å². The number of carbonyl (C=O) groups is 3. The first-order valence-corrected chi connectivity index (χ1v) is 12.9. The zero-order chi connectivity index (χ0) is 26.7. The second-order valence-corrected chi connectivity index (χ2v) is 10.7. The molecule has 0 aromatic heterocycles. The average Bonchev–Trinajstić information content (AvgIpc) is 2.83. The summed E-state index contributed by atoms with van der Waals surface area (Å²) < 4.78 is 0. The van der Waals surface area contributed by atoms with Gasteiger partial charge in [-0.15, -0.1) is 11.8 Å². The van der Waals surface area contributed by atoms with Crippen molar-refractivity contribution in [3.63, 3.8) is 0 Å². The number of aromatic carboxylic acids is 1. The van der Waals surface area contributed by atoms with Crippen LogP contribution in [0.3, 0.4) is 0 Å². The molecule has 0 saturated heterocycles. The van der Waals surface area contributed by atoms with E-state index in [1.165, 1.54) is 11.8 Å². The van der Waals surface area contributed by atoms with Crippen molar-refractivity contribution in [1.82, 2.24) is 0 Å². The fourth-order valence-corrected chi connectivity index (χ4v) is 5.12. The second-order valence-electron chi connectivity index (χ2n) is 7.79. The van der Waals surface area contributed by atoms with Crippen molar-refractivity contribution in [3.8, 4) is 0 Å². The van der Waals surface area contributed by atoms with Gasteiger partial charge in [-0.3, -0.25) is 9.59 Å². The summed E-state index contributed by atoms with van der Waals surface area (Å²) in [4.78, 5) is 38.0. The Morgan fingerprint density at radius 1 is 0.833 bits per heavy atom. The van der Waals surface area contributed by atoms with Crippen LogP contribution in [0.1, 0.15) is 38.8 Å². The molecule has 11 heteroatoms. The summed E-state index contributed by atoms with van der Waals surface area (Å²) in [5, 5.41) is 13.5. The summed E-state index contributed by atoms with van der Waals surface area (Å²) in [6.07, 6.45) is 0. The third-order valence-corrected chi connectivity index (χ3v) is 8.28. The minimum Gasteiger partial charge on any atom is -0.478 e. The first-order valence-electron chi connectivity index (χ1n) is 10.5. The fraction of sp³-hybridized carbons (Fsp3) is 0.160.